The zero-order valence-corrected chi connectivity index (χ0v) is 11.7. The van der Waals surface area contributed by atoms with E-state index in [0.717, 1.165) is 0 Å². The highest BCUT2D eigenvalue weighted by Gasteiger charge is 2.32. The minimum absolute atomic E-state index is 0.0703. The Morgan fingerprint density at radius 2 is 1.95 bits per heavy atom. The molecule has 106 valence electrons. The Labute approximate surface area is 123 Å². The smallest absolute Gasteiger partial charge is 0.231 e. The lowest BCUT2D eigenvalue weighted by Gasteiger charge is -2.02. The summed E-state index contributed by atoms with van der Waals surface area (Å²) in [5.41, 5.74) is 7.27. The Balaban J connectivity index is 1.56. The van der Waals surface area contributed by atoms with Gasteiger partial charge < -0.3 is 10.3 Å². The van der Waals surface area contributed by atoms with Gasteiger partial charge in [-0.1, -0.05) is 47.6 Å². The minimum Gasteiger partial charge on any atom is -0.339 e. The van der Waals surface area contributed by atoms with Crippen LogP contribution in [0.1, 0.15) is 36.2 Å². The van der Waals surface area contributed by atoms with Crippen LogP contribution >= 0.6 is 0 Å². The summed E-state index contributed by atoms with van der Waals surface area (Å²) in [7, 11) is 0. The van der Waals surface area contributed by atoms with Gasteiger partial charge in [-0.3, -0.25) is 0 Å². The number of rotatable bonds is 4. The molecule has 0 aliphatic heterocycles. The third-order valence-corrected chi connectivity index (χ3v) is 4.08. The van der Waals surface area contributed by atoms with Gasteiger partial charge in [0.1, 0.15) is 0 Å². The quantitative estimate of drug-likeness (QED) is 0.796. The van der Waals surface area contributed by atoms with Gasteiger partial charge in [-0.05, 0) is 35.1 Å². The summed E-state index contributed by atoms with van der Waals surface area (Å²) < 4.78 is 5.34. The molecule has 1 aliphatic rings. The molecular formula is C17H17N3O. The molecule has 1 unspecified atom stereocenters. The number of hydrogen-bond donors (Lipinski definition) is 1. The van der Waals surface area contributed by atoms with Crippen LogP contribution in [0, 0.1) is 5.92 Å². The highest BCUT2D eigenvalue weighted by atomic mass is 16.5. The Bertz CT molecular complexity index is 776. The van der Waals surface area contributed by atoms with Crippen molar-refractivity contribution in [3.05, 3.63) is 59.7 Å². The van der Waals surface area contributed by atoms with Crippen molar-refractivity contribution in [2.24, 2.45) is 11.7 Å². The lowest BCUT2D eigenvalue weighted by Crippen LogP contribution is -2.14. The van der Waals surface area contributed by atoms with Gasteiger partial charge in [0.15, 0.2) is 5.82 Å². The summed E-state index contributed by atoms with van der Waals surface area (Å²) in [5, 5.41) is 6.49. The molecule has 0 spiro atoms. The summed E-state index contributed by atoms with van der Waals surface area (Å²) in [6.07, 6.45) is 3.00. The van der Waals surface area contributed by atoms with E-state index in [1.807, 2.05) is 12.1 Å². The number of benzene rings is 2. The molecule has 0 amide bonds. The third-order valence-electron chi connectivity index (χ3n) is 4.08. The monoisotopic (exact) mass is 279 g/mol. The van der Waals surface area contributed by atoms with Crippen molar-refractivity contribution >= 4 is 10.8 Å². The van der Waals surface area contributed by atoms with Crippen molar-refractivity contribution < 1.29 is 4.52 Å². The molecule has 1 fully saturated rings. The predicted octanol–water partition coefficient (Wildman–Crippen LogP) is 3.22. The fourth-order valence-corrected chi connectivity index (χ4v) is 2.66. The van der Waals surface area contributed by atoms with Crippen LogP contribution < -0.4 is 5.73 Å². The molecule has 1 heterocycles. The summed E-state index contributed by atoms with van der Waals surface area (Å²) >= 11 is 0. The average Bonchev–Trinajstić information content (AvgIpc) is 3.26. The first kappa shape index (κ1) is 12.5. The van der Waals surface area contributed by atoms with E-state index in [-0.39, 0.29) is 6.04 Å². The molecule has 0 radical (unpaired) electrons. The SMILES string of the molecule is NC(c1noc(Cc2ccc3ccccc3c2)n1)C1CC1. The maximum atomic E-state index is 6.10. The van der Waals surface area contributed by atoms with Gasteiger partial charge in [0.2, 0.25) is 5.89 Å². The minimum atomic E-state index is -0.0703. The molecule has 2 aromatic carbocycles. The summed E-state index contributed by atoms with van der Waals surface area (Å²) in [4.78, 5) is 4.44. The Morgan fingerprint density at radius 1 is 1.14 bits per heavy atom. The molecule has 0 bridgehead atoms. The number of hydrogen-bond acceptors (Lipinski definition) is 4. The second-order valence-corrected chi connectivity index (χ2v) is 5.77. The van der Waals surface area contributed by atoms with Gasteiger partial charge in [0.25, 0.3) is 0 Å². The predicted molar refractivity (Wildman–Crippen MR) is 80.7 cm³/mol. The molecule has 2 N–H and O–H groups in total. The van der Waals surface area contributed by atoms with E-state index >= 15 is 0 Å². The Kier molecular flexibility index (Phi) is 2.97. The molecule has 4 nitrogen and oxygen atoms in total. The van der Waals surface area contributed by atoms with Gasteiger partial charge >= 0.3 is 0 Å². The second-order valence-electron chi connectivity index (χ2n) is 5.77. The zero-order valence-electron chi connectivity index (χ0n) is 11.7. The lowest BCUT2D eigenvalue weighted by molar-refractivity contribution is 0.373. The first-order valence-corrected chi connectivity index (χ1v) is 7.35. The zero-order chi connectivity index (χ0) is 14.2. The van der Waals surface area contributed by atoms with E-state index in [4.69, 9.17) is 10.3 Å². The van der Waals surface area contributed by atoms with Crippen molar-refractivity contribution in [3.8, 4) is 0 Å². The van der Waals surface area contributed by atoms with E-state index in [1.54, 1.807) is 0 Å². The van der Waals surface area contributed by atoms with Gasteiger partial charge in [0, 0.05) is 0 Å². The van der Waals surface area contributed by atoms with Crippen molar-refractivity contribution in [1.82, 2.24) is 10.1 Å². The van der Waals surface area contributed by atoms with Crippen molar-refractivity contribution in [3.63, 3.8) is 0 Å². The van der Waals surface area contributed by atoms with Crippen LogP contribution in [0.5, 0.6) is 0 Å². The lowest BCUT2D eigenvalue weighted by atomic mass is 10.1. The molecule has 1 atom stereocenters. The van der Waals surface area contributed by atoms with Crippen molar-refractivity contribution in [2.45, 2.75) is 25.3 Å². The van der Waals surface area contributed by atoms with Crippen LogP contribution in [0.3, 0.4) is 0 Å². The fraction of sp³-hybridized carbons (Fsp3) is 0.294. The van der Waals surface area contributed by atoms with E-state index in [1.165, 1.54) is 29.2 Å². The number of nitrogens with zero attached hydrogens (tertiary/aromatic N) is 2. The second kappa shape index (κ2) is 4.97. The van der Waals surface area contributed by atoms with E-state index in [9.17, 15) is 0 Å². The third kappa shape index (κ3) is 2.54. The molecule has 4 heteroatoms. The van der Waals surface area contributed by atoms with E-state index in [0.29, 0.717) is 24.1 Å². The van der Waals surface area contributed by atoms with Crippen molar-refractivity contribution in [1.29, 1.82) is 0 Å². The summed E-state index contributed by atoms with van der Waals surface area (Å²) in [6.45, 7) is 0. The van der Waals surface area contributed by atoms with Crippen LogP contribution in [0.4, 0.5) is 0 Å². The molecule has 3 aromatic rings. The molecule has 0 saturated heterocycles. The standard InChI is InChI=1S/C17H17N3O/c18-16(13-7-8-13)17-19-15(21-20-17)10-11-5-6-12-3-1-2-4-14(12)9-11/h1-6,9,13,16H,7-8,10,18H2. The summed E-state index contributed by atoms with van der Waals surface area (Å²) in [5.74, 6) is 1.82. The topological polar surface area (TPSA) is 64.9 Å². The maximum absolute atomic E-state index is 6.10. The van der Waals surface area contributed by atoms with Gasteiger partial charge in [-0.15, -0.1) is 0 Å². The molecular weight excluding hydrogens is 262 g/mol. The molecule has 21 heavy (non-hydrogen) atoms. The van der Waals surface area contributed by atoms with Gasteiger partial charge in [-0.2, -0.15) is 4.98 Å². The van der Waals surface area contributed by atoms with Crippen LogP contribution in [-0.2, 0) is 6.42 Å². The normalized spacial score (nSPS) is 16.2. The highest BCUT2D eigenvalue weighted by Crippen LogP contribution is 2.38. The highest BCUT2D eigenvalue weighted by molar-refractivity contribution is 5.83. The molecule has 1 aromatic heterocycles. The number of fused-ring (bicyclic) bond motifs is 1. The van der Waals surface area contributed by atoms with Crippen LogP contribution in [0.2, 0.25) is 0 Å². The van der Waals surface area contributed by atoms with Crippen LogP contribution in [0.15, 0.2) is 47.0 Å². The number of aromatic nitrogens is 2. The summed E-state index contributed by atoms with van der Waals surface area (Å²) in [6, 6.07) is 14.6. The largest absolute Gasteiger partial charge is 0.339 e. The van der Waals surface area contributed by atoms with E-state index < -0.39 is 0 Å². The first-order chi connectivity index (χ1) is 10.3. The first-order valence-electron chi connectivity index (χ1n) is 7.35. The van der Waals surface area contributed by atoms with E-state index in [2.05, 4.69) is 40.5 Å². The number of nitrogens with two attached hydrogens (primary N) is 1. The Hall–Kier alpha value is -2.20. The average molecular weight is 279 g/mol. The maximum Gasteiger partial charge on any atom is 0.231 e. The van der Waals surface area contributed by atoms with Crippen LogP contribution in [-0.4, -0.2) is 10.1 Å². The molecule has 1 aliphatic carbocycles. The molecule has 4 rings (SSSR count). The van der Waals surface area contributed by atoms with Gasteiger partial charge in [0.05, 0.1) is 12.5 Å². The van der Waals surface area contributed by atoms with Crippen molar-refractivity contribution in [2.75, 3.05) is 0 Å². The fourth-order valence-electron chi connectivity index (χ4n) is 2.66. The molecule has 1 saturated carbocycles. The van der Waals surface area contributed by atoms with Crippen LogP contribution in [0.25, 0.3) is 10.8 Å². The Morgan fingerprint density at radius 3 is 2.76 bits per heavy atom. The van der Waals surface area contributed by atoms with Gasteiger partial charge in [-0.25, -0.2) is 0 Å².